The van der Waals surface area contributed by atoms with Crippen LogP contribution in [0.4, 0.5) is 5.82 Å². The van der Waals surface area contributed by atoms with Crippen molar-refractivity contribution in [1.29, 1.82) is 0 Å². The Balaban J connectivity index is 1.51. The Bertz CT molecular complexity index is 987. The first-order valence-corrected chi connectivity index (χ1v) is 9.07. The van der Waals surface area contributed by atoms with Crippen LogP contribution < -0.4 is 4.90 Å². The number of aromatic nitrogens is 4. The van der Waals surface area contributed by atoms with Gasteiger partial charge in [-0.2, -0.15) is 10.2 Å². The van der Waals surface area contributed by atoms with Crippen molar-refractivity contribution in [3.8, 4) is 17.1 Å². The summed E-state index contributed by atoms with van der Waals surface area (Å²) in [6.07, 6.45) is 3.01. The van der Waals surface area contributed by atoms with Crippen LogP contribution in [0.25, 0.3) is 11.4 Å². The number of phenols is 1. The van der Waals surface area contributed by atoms with Gasteiger partial charge in [0.05, 0.1) is 23.5 Å². The van der Waals surface area contributed by atoms with Gasteiger partial charge in [0.1, 0.15) is 11.6 Å². The van der Waals surface area contributed by atoms with Crippen LogP contribution in [0.2, 0.25) is 0 Å². The number of piperazine rings is 1. The van der Waals surface area contributed by atoms with E-state index >= 15 is 0 Å². The Labute approximate surface area is 162 Å². The standard InChI is InChI=1S/C20H20N6O2/c1-14-12-18(24-19(23-14)16-4-2-3-5-17(16)27)25-8-10-26(11-9-25)20(28)15-6-7-21-22-13-15/h2-7,12-13,27H,8-11H2,1H3. The van der Waals surface area contributed by atoms with Crippen LogP contribution >= 0.6 is 0 Å². The first kappa shape index (κ1) is 17.8. The minimum absolute atomic E-state index is 0.0386. The molecule has 2 aromatic heterocycles. The number of carbonyl (C=O) groups excluding carboxylic acids is 1. The van der Waals surface area contributed by atoms with Gasteiger partial charge >= 0.3 is 0 Å². The van der Waals surface area contributed by atoms with Crippen LogP contribution in [0.5, 0.6) is 5.75 Å². The molecule has 4 rings (SSSR count). The van der Waals surface area contributed by atoms with Gasteiger partial charge in [-0.25, -0.2) is 9.97 Å². The number of phenolic OH excluding ortho intramolecular Hbond substituents is 1. The molecule has 1 fully saturated rings. The molecule has 3 heterocycles. The molecule has 142 valence electrons. The molecule has 3 aromatic rings. The van der Waals surface area contributed by atoms with Crippen molar-refractivity contribution in [2.45, 2.75) is 6.92 Å². The first-order chi connectivity index (χ1) is 13.6. The molecule has 8 heteroatoms. The van der Waals surface area contributed by atoms with E-state index in [4.69, 9.17) is 0 Å². The van der Waals surface area contributed by atoms with Crippen molar-refractivity contribution >= 4 is 11.7 Å². The molecule has 0 radical (unpaired) electrons. The Kier molecular flexibility index (Phi) is 4.84. The molecular weight excluding hydrogens is 356 g/mol. The number of benzene rings is 1. The first-order valence-electron chi connectivity index (χ1n) is 9.07. The predicted octanol–water partition coefficient (Wildman–Crippen LogP) is 1.91. The summed E-state index contributed by atoms with van der Waals surface area (Å²) in [6.45, 7) is 4.43. The number of amides is 1. The number of hydrogen-bond donors (Lipinski definition) is 1. The molecule has 0 aliphatic carbocycles. The Morgan fingerprint density at radius 3 is 2.54 bits per heavy atom. The van der Waals surface area contributed by atoms with Crippen LogP contribution in [0.3, 0.4) is 0 Å². The number of aromatic hydroxyl groups is 1. The highest BCUT2D eigenvalue weighted by Crippen LogP contribution is 2.28. The highest BCUT2D eigenvalue weighted by atomic mass is 16.3. The molecule has 0 atom stereocenters. The van der Waals surface area contributed by atoms with Gasteiger partial charge in [-0.3, -0.25) is 4.79 Å². The van der Waals surface area contributed by atoms with Gasteiger partial charge in [0, 0.05) is 37.9 Å². The zero-order valence-corrected chi connectivity index (χ0v) is 15.5. The van der Waals surface area contributed by atoms with Crippen molar-refractivity contribution in [2.75, 3.05) is 31.1 Å². The number of carbonyl (C=O) groups is 1. The molecule has 8 nitrogen and oxygen atoms in total. The molecule has 0 unspecified atom stereocenters. The van der Waals surface area contributed by atoms with E-state index in [1.807, 2.05) is 24.0 Å². The summed E-state index contributed by atoms with van der Waals surface area (Å²) >= 11 is 0. The van der Waals surface area contributed by atoms with Crippen LogP contribution in [0.15, 0.2) is 48.8 Å². The van der Waals surface area contributed by atoms with Crippen molar-refractivity contribution in [3.63, 3.8) is 0 Å². The van der Waals surface area contributed by atoms with Gasteiger partial charge in [0.2, 0.25) is 0 Å². The van der Waals surface area contributed by atoms with Crippen molar-refractivity contribution < 1.29 is 9.90 Å². The van der Waals surface area contributed by atoms with Gasteiger partial charge < -0.3 is 14.9 Å². The van der Waals surface area contributed by atoms with E-state index in [1.165, 1.54) is 12.4 Å². The second kappa shape index (κ2) is 7.59. The lowest BCUT2D eigenvalue weighted by Crippen LogP contribution is -2.49. The Morgan fingerprint density at radius 1 is 1.04 bits per heavy atom. The summed E-state index contributed by atoms with van der Waals surface area (Å²) in [5.41, 5.74) is 1.97. The fraction of sp³-hybridized carbons (Fsp3) is 0.250. The van der Waals surface area contributed by atoms with E-state index in [0.717, 1.165) is 11.5 Å². The van der Waals surface area contributed by atoms with Gasteiger partial charge in [-0.15, -0.1) is 0 Å². The van der Waals surface area contributed by atoms with Crippen LogP contribution in [-0.4, -0.2) is 62.3 Å². The lowest BCUT2D eigenvalue weighted by atomic mass is 10.2. The van der Waals surface area contributed by atoms with E-state index in [2.05, 4.69) is 25.1 Å². The summed E-state index contributed by atoms with van der Waals surface area (Å²) in [5, 5.41) is 17.6. The fourth-order valence-corrected chi connectivity index (χ4v) is 3.24. The van der Waals surface area contributed by atoms with Crippen molar-refractivity contribution in [1.82, 2.24) is 25.1 Å². The molecule has 0 spiro atoms. The lowest BCUT2D eigenvalue weighted by molar-refractivity contribution is 0.0746. The summed E-state index contributed by atoms with van der Waals surface area (Å²) in [6, 6.07) is 10.6. The maximum Gasteiger partial charge on any atom is 0.255 e. The molecule has 1 aliphatic heterocycles. The zero-order valence-electron chi connectivity index (χ0n) is 15.5. The number of nitrogens with zero attached hydrogens (tertiary/aromatic N) is 6. The number of anilines is 1. The maximum absolute atomic E-state index is 12.6. The highest BCUT2D eigenvalue weighted by Gasteiger charge is 2.24. The van der Waals surface area contributed by atoms with Gasteiger partial charge in [-0.1, -0.05) is 12.1 Å². The zero-order chi connectivity index (χ0) is 19.5. The molecule has 1 aliphatic rings. The quantitative estimate of drug-likeness (QED) is 0.746. The molecule has 1 saturated heterocycles. The largest absolute Gasteiger partial charge is 0.507 e. The SMILES string of the molecule is Cc1cc(N2CCN(C(=O)c3ccnnc3)CC2)nc(-c2ccccc2O)n1. The highest BCUT2D eigenvalue weighted by molar-refractivity contribution is 5.93. The third kappa shape index (κ3) is 3.62. The summed E-state index contributed by atoms with van der Waals surface area (Å²) in [4.78, 5) is 25.6. The van der Waals surface area contributed by atoms with Crippen LogP contribution in [0, 0.1) is 6.92 Å². The Morgan fingerprint density at radius 2 is 1.82 bits per heavy atom. The van der Waals surface area contributed by atoms with Gasteiger partial charge in [0.15, 0.2) is 5.82 Å². The minimum atomic E-state index is -0.0386. The summed E-state index contributed by atoms with van der Waals surface area (Å²) in [7, 11) is 0. The average molecular weight is 376 g/mol. The number of rotatable bonds is 3. The smallest absolute Gasteiger partial charge is 0.255 e. The molecule has 1 N–H and O–H groups in total. The Hall–Kier alpha value is -3.55. The lowest BCUT2D eigenvalue weighted by Gasteiger charge is -2.35. The average Bonchev–Trinajstić information content (AvgIpc) is 2.74. The third-order valence-electron chi connectivity index (χ3n) is 4.71. The van der Waals surface area contributed by atoms with E-state index < -0.39 is 0 Å². The molecule has 0 saturated carbocycles. The van der Waals surface area contributed by atoms with E-state index in [9.17, 15) is 9.90 Å². The predicted molar refractivity (Wildman–Crippen MR) is 104 cm³/mol. The number of hydrogen-bond acceptors (Lipinski definition) is 7. The van der Waals surface area contributed by atoms with E-state index in [0.29, 0.717) is 43.1 Å². The monoisotopic (exact) mass is 376 g/mol. The van der Waals surface area contributed by atoms with E-state index in [-0.39, 0.29) is 11.7 Å². The topological polar surface area (TPSA) is 95.3 Å². The van der Waals surface area contributed by atoms with Crippen molar-refractivity contribution in [3.05, 3.63) is 60.0 Å². The maximum atomic E-state index is 12.6. The molecule has 0 bridgehead atoms. The summed E-state index contributed by atoms with van der Waals surface area (Å²) in [5.74, 6) is 1.40. The summed E-state index contributed by atoms with van der Waals surface area (Å²) < 4.78 is 0. The second-order valence-corrected chi connectivity index (χ2v) is 6.62. The number of para-hydroxylation sites is 1. The third-order valence-corrected chi connectivity index (χ3v) is 4.71. The normalized spacial score (nSPS) is 14.2. The second-order valence-electron chi connectivity index (χ2n) is 6.62. The van der Waals surface area contributed by atoms with Crippen LogP contribution in [-0.2, 0) is 0 Å². The minimum Gasteiger partial charge on any atom is -0.507 e. The molecule has 1 aromatic carbocycles. The van der Waals surface area contributed by atoms with Crippen LogP contribution in [0.1, 0.15) is 16.1 Å². The number of aryl methyl sites for hydroxylation is 1. The fourth-order valence-electron chi connectivity index (χ4n) is 3.24. The van der Waals surface area contributed by atoms with Crippen molar-refractivity contribution in [2.24, 2.45) is 0 Å². The van der Waals surface area contributed by atoms with Gasteiger partial charge in [-0.05, 0) is 25.1 Å². The van der Waals surface area contributed by atoms with Gasteiger partial charge in [0.25, 0.3) is 5.91 Å². The molecular formula is C20H20N6O2. The molecule has 28 heavy (non-hydrogen) atoms. The molecule has 1 amide bonds. The van der Waals surface area contributed by atoms with E-state index in [1.54, 1.807) is 24.3 Å².